The van der Waals surface area contributed by atoms with E-state index in [1.807, 2.05) is 30.9 Å². The first kappa shape index (κ1) is 13.9. The molecule has 0 radical (unpaired) electrons. The van der Waals surface area contributed by atoms with Gasteiger partial charge in [-0.1, -0.05) is 13.0 Å². The first-order valence-electron chi connectivity index (χ1n) is 7.32. The van der Waals surface area contributed by atoms with E-state index in [2.05, 4.69) is 29.5 Å². The van der Waals surface area contributed by atoms with Gasteiger partial charge in [-0.3, -0.25) is 4.68 Å². The van der Waals surface area contributed by atoms with E-state index in [9.17, 15) is 0 Å². The summed E-state index contributed by atoms with van der Waals surface area (Å²) in [5.74, 6) is 1.64. The summed E-state index contributed by atoms with van der Waals surface area (Å²) in [6, 6.07) is 8.34. The van der Waals surface area contributed by atoms with Gasteiger partial charge in [-0.05, 0) is 37.2 Å². The Hall–Kier alpha value is -2.01. The van der Waals surface area contributed by atoms with Crippen molar-refractivity contribution in [1.29, 1.82) is 0 Å². The smallest absolute Gasteiger partial charge is 0.161 e. The lowest BCUT2D eigenvalue weighted by molar-refractivity contribution is 0.171. The molecule has 1 atom stereocenters. The number of hydrogen-bond acceptors (Lipinski definition) is 4. The average molecular weight is 287 g/mol. The van der Waals surface area contributed by atoms with Crippen molar-refractivity contribution >= 4 is 0 Å². The van der Waals surface area contributed by atoms with Crippen LogP contribution in [0.2, 0.25) is 0 Å². The highest BCUT2D eigenvalue weighted by atomic mass is 16.6. The largest absolute Gasteiger partial charge is 0.486 e. The Morgan fingerprint density at radius 1 is 1.24 bits per heavy atom. The summed E-state index contributed by atoms with van der Waals surface area (Å²) >= 11 is 0. The summed E-state index contributed by atoms with van der Waals surface area (Å²) < 4.78 is 13.2. The predicted octanol–water partition coefficient (Wildman–Crippen LogP) is 2.06. The quantitative estimate of drug-likeness (QED) is 0.935. The van der Waals surface area contributed by atoms with Gasteiger partial charge in [-0.2, -0.15) is 5.10 Å². The number of hydrogen-bond donors (Lipinski definition) is 1. The molecule has 1 aliphatic rings. The molecule has 5 nitrogen and oxygen atoms in total. The monoisotopic (exact) mass is 287 g/mol. The minimum absolute atomic E-state index is 0.0821. The highest BCUT2D eigenvalue weighted by Gasteiger charge is 2.20. The van der Waals surface area contributed by atoms with Crippen molar-refractivity contribution in [2.75, 3.05) is 20.3 Å². The lowest BCUT2D eigenvalue weighted by Crippen LogP contribution is -2.21. The van der Waals surface area contributed by atoms with Gasteiger partial charge >= 0.3 is 0 Å². The molecule has 0 aliphatic carbocycles. The molecule has 5 heteroatoms. The van der Waals surface area contributed by atoms with E-state index < -0.39 is 0 Å². The van der Waals surface area contributed by atoms with E-state index >= 15 is 0 Å². The van der Waals surface area contributed by atoms with E-state index in [1.165, 1.54) is 0 Å². The Morgan fingerprint density at radius 2 is 2.00 bits per heavy atom. The molecule has 0 amide bonds. The molecule has 21 heavy (non-hydrogen) atoms. The van der Waals surface area contributed by atoms with Crippen molar-refractivity contribution < 1.29 is 9.47 Å². The molecule has 0 fully saturated rings. The fourth-order valence-electron chi connectivity index (χ4n) is 2.71. The second-order valence-electron chi connectivity index (χ2n) is 5.16. The van der Waals surface area contributed by atoms with E-state index in [0.29, 0.717) is 13.2 Å². The molecule has 1 unspecified atom stereocenters. The standard InChI is InChI=1S/C16H21N3O2/c1-4-12-10-13(19(3)18-12)16(17-2)11-5-6-14-15(9-11)21-8-7-20-14/h5-6,9-10,16-17H,4,7-8H2,1-3H3. The number of aromatic nitrogens is 2. The highest BCUT2D eigenvalue weighted by Crippen LogP contribution is 2.34. The topological polar surface area (TPSA) is 48.3 Å². The first-order chi connectivity index (χ1) is 10.2. The van der Waals surface area contributed by atoms with E-state index in [4.69, 9.17) is 9.47 Å². The van der Waals surface area contributed by atoms with Crippen LogP contribution in [0.1, 0.15) is 29.9 Å². The van der Waals surface area contributed by atoms with Crippen molar-refractivity contribution in [2.45, 2.75) is 19.4 Å². The third kappa shape index (κ3) is 2.61. The molecule has 0 bridgehead atoms. The molecule has 2 heterocycles. The van der Waals surface area contributed by atoms with Crippen LogP contribution in [0.15, 0.2) is 24.3 Å². The van der Waals surface area contributed by atoms with Crippen molar-refractivity contribution in [2.24, 2.45) is 7.05 Å². The molecule has 3 rings (SSSR count). The van der Waals surface area contributed by atoms with Gasteiger partial charge in [0.15, 0.2) is 11.5 Å². The minimum Gasteiger partial charge on any atom is -0.486 e. The summed E-state index contributed by atoms with van der Waals surface area (Å²) in [4.78, 5) is 0. The van der Waals surface area contributed by atoms with Crippen LogP contribution in [0.25, 0.3) is 0 Å². The van der Waals surface area contributed by atoms with Gasteiger partial charge in [0.2, 0.25) is 0 Å². The number of nitrogens with one attached hydrogen (secondary N) is 1. The maximum Gasteiger partial charge on any atom is 0.161 e. The van der Waals surface area contributed by atoms with Crippen LogP contribution < -0.4 is 14.8 Å². The Labute approximate surface area is 124 Å². The molecule has 1 aromatic heterocycles. The summed E-state index contributed by atoms with van der Waals surface area (Å²) in [5, 5.41) is 7.89. The molecule has 0 saturated heterocycles. The lowest BCUT2D eigenvalue weighted by Gasteiger charge is -2.22. The number of benzene rings is 1. The fraction of sp³-hybridized carbons (Fsp3) is 0.438. The molecular formula is C16H21N3O2. The van der Waals surface area contributed by atoms with Gasteiger partial charge < -0.3 is 14.8 Å². The highest BCUT2D eigenvalue weighted by molar-refractivity contribution is 5.46. The Balaban J connectivity index is 1.97. The second-order valence-corrected chi connectivity index (χ2v) is 5.16. The second kappa shape index (κ2) is 5.77. The predicted molar refractivity (Wildman–Crippen MR) is 80.9 cm³/mol. The van der Waals surface area contributed by atoms with Crippen LogP contribution in [0.4, 0.5) is 0 Å². The van der Waals surface area contributed by atoms with Gasteiger partial charge in [0, 0.05) is 7.05 Å². The average Bonchev–Trinajstić information content (AvgIpc) is 2.89. The van der Waals surface area contributed by atoms with Crippen molar-refractivity contribution in [3.05, 3.63) is 41.2 Å². The Bertz CT molecular complexity index is 636. The number of rotatable bonds is 4. The van der Waals surface area contributed by atoms with Gasteiger partial charge in [-0.15, -0.1) is 0 Å². The first-order valence-corrected chi connectivity index (χ1v) is 7.32. The molecule has 0 saturated carbocycles. The van der Waals surface area contributed by atoms with E-state index in [1.54, 1.807) is 0 Å². The number of fused-ring (bicyclic) bond motifs is 1. The summed E-state index contributed by atoms with van der Waals surface area (Å²) in [6.45, 7) is 3.33. The van der Waals surface area contributed by atoms with Gasteiger partial charge in [-0.25, -0.2) is 0 Å². The van der Waals surface area contributed by atoms with Crippen LogP contribution in [0, 0.1) is 0 Å². The van der Waals surface area contributed by atoms with Crippen molar-refractivity contribution in [3.8, 4) is 11.5 Å². The summed E-state index contributed by atoms with van der Waals surface area (Å²) in [5.41, 5.74) is 3.39. The molecular weight excluding hydrogens is 266 g/mol. The third-order valence-corrected chi connectivity index (χ3v) is 3.81. The van der Waals surface area contributed by atoms with Crippen LogP contribution in [0.5, 0.6) is 11.5 Å². The fourth-order valence-corrected chi connectivity index (χ4v) is 2.71. The lowest BCUT2D eigenvalue weighted by atomic mass is 10.0. The van der Waals surface area contributed by atoms with Crippen LogP contribution in [-0.4, -0.2) is 30.0 Å². The molecule has 0 spiro atoms. The SMILES string of the molecule is CCc1cc(C(NC)c2ccc3c(c2)OCCO3)n(C)n1. The third-order valence-electron chi connectivity index (χ3n) is 3.81. The van der Waals surface area contributed by atoms with E-state index in [-0.39, 0.29) is 6.04 Å². The van der Waals surface area contributed by atoms with Crippen LogP contribution >= 0.6 is 0 Å². The zero-order valence-corrected chi connectivity index (χ0v) is 12.7. The number of ether oxygens (including phenoxy) is 2. The molecule has 1 aromatic carbocycles. The Morgan fingerprint density at radius 3 is 2.67 bits per heavy atom. The minimum atomic E-state index is 0.0821. The van der Waals surface area contributed by atoms with E-state index in [0.717, 1.165) is 34.9 Å². The van der Waals surface area contributed by atoms with Gasteiger partial charge in [0.25, 0.3) is 0 Å². The normalized spacial score (nSPS) is 15.0. The maximum atomic E-state index is 5.68. The summed E-state index contributed by atoms with van der Waals surface area (Å²) in [7, 11) is 3.94. The molecule has 2 aromatic rings. The zero-order valence-electron chi connectivity index (χ0n) is 12.7. The van der Waals surface area contributed by atoms with Crippen LogP contribution in [-0.2, 0) is 13.5 Å². The van der Waals surface area contributed by atoms with Crippen LogP contribution in [0.3, 0.4) is 0 Å². The zero-order chi connectivity index (χ0) is 14.8. The van der Waals surface area contributed by atoms with Gasteiger partial charge in [0.1, 0.15) is 13.2 Å². The van der Waals surface area contributed by atoms with Crippen molar-refractivity contribution in [3.63, 3.8) is 0 Å². The molecule has 112 valence electrons. The van der Waals surface area contributed by atoms with Crippen molar-refractivity contribution in [1.82, 2.24) is 15.1 Å². The Kier molecular flexibility index (Phi) is 3.84. The molecule has 1 N–H and O–H groups in total. The molecule has 1 aliphatic heterocycles. The maximum absolute atomic E-state index is 5.68. The van der Waals surface area contributed by atoms with Gasteiger partial charge in [0.05, 0.1) is 17.4 Å². The summed E-state index contributed by atoms with van der Waals surface area (Å²) in [6.07, 6.45) is 0.936. The number of aryl methyl sites for hydroxylation is 2. The number of nitrogens with zero attached hydrogens (tertiary/aromatic N) is 2.